The van der Waals surface area contributed by atoms with E-state index in [1.54, 1.807) is 0 Å². The van der Waals surface area contributed by atoms with Crippen molar-refractivity contribution < 1.29 is 13.2 Å². The molecule has 1 aliphatic heterocycles. The van der Waals surface area contributed by atoms with Crippen LogP contribution in [-0.4, -0.2) is 57.1 Å². The summed E-state index contributed by atoms with van der Waals surface area (Å²) in [5, 5.41) is 2.77. The van der Waals surface area contributed by atoms with Gasteiger partial charge in [0.2, 0.25) is 15.9 Å². The van der Waals surface area contributed by atoms with E-state index in [1.165, 1.54) is 16.3 Å². The molecule has 1 heterocycles. The lowest BCUT2D eigenvalue weighted by molar-refractivity contribution is -0.119. The molecule has 138 valence electrons. The van der Waals surface area contributed by atoms with Gasteiger partial charge in [-0.1, -0.05) is 18.6 Å². The Hall–Kier alpha value is -1.60. The number of benzene rings is 1. The highest BCUT2D eigenvalue weighted by Crippen LogP contribution is 2.25. The maximum atomic E-state index is 12.5. The topological polar surface area (TPSA) is 69.7 Å². The van der Waals surface area contributed by atoms with Crippen molar-refractivity contribution in [2.75, 3.05) is 43.4 Å². The third kappa shape index (κ3) is 4.73. The van der Waals surface area contributed by atoms with Crippen molar-refractivity contribution in [2.24, 2.45) is 5.92 Å². The molecule has 7 heteroatoms. The molecule has 2 aliphatic rings. The van der Waals surface area contributed by atoms with Crippen molar-refractivity contribution >= 4 is 21.6 Å². The van der Waals surface area contributed by atoms with Gasteiger partial charge in [0.05, 0.1) is 0 Å². The average Bonchev–Trinajstić information content (AvgIpc) is 2.53. The number of amides is 1. The van der Waals surface area contributed by atoms with Gasteiger partial charge in [0.15, 0.2) is 0 Å². The maximum Gasteiger partial charge on any atom is 0.236 e. The number of aryl methyl sites for hydroxylation is 1. The van der Waals surface area contributed by atoms with Gasteiger partial charge in [-0.2, -0.15) is 4.31 Å². The lowest BCUT2D eigenvalue weighted by atomic mass is 9.85. The summed E-state index contributed by atoms with van der Waals surface area (Å²) in [4.78, 5) is 14.1. The molecule has 0 radical (unpaired) electrons. The Morgan fingerprint density at radius 2 is 1.92 bits per heavy atom. The molecule has 0 atom stereocenters. The molecule has 1 aromatic carbocycles. The van der Waals surface area contributed by atoms with Gasteiger partial charge in [-0.05, 0) is 43.4 Å². The van der Waals surface area contributed by atoms with Crippen LogP contribution in [0.3, 0.4) is 0 Å². The van der Waals surface area contributed by atoms with Crippen LogP contribution in [0.1, 0.15) is 24.8 Å². The molecule has 1 amide bonds. The Bertz CT molecular complexity index is 708. The van der Waals surface area contributed by atoms with Gasteiger partial charge in [0.25, 0.3) is 0 Å². The minimum Gasteiger partial charge on any atom is -0.369 e. The molecule has 1 aromatic rings. The summed E-state index contributed by atoms with van der Waals surface area (Å²) >= 11 is 0. The van der Waals surface area contributed by atoms with E-state index in [0.717, 1.165) is 18.5 Å². The fourth-order valence-electron chi connectivity index (χ4n) is 3.31. The van der Waals surface area contributed by atoms with Gasteiger partial charge in [-0.15, -0.1) is 0 Å². The highest BCUT2D eigenvalue weighted by Gasteiger charge is 2.29. The zero-order chi connectivity index (χ0) is 17.9. The van der Waals surface area contributed by atoms with Gasteiger partial charge >= 0.3 is 0 Å². The van der Waals surface area contributed by atoms with E-state index in [9.17, 15) is 13.2 Å². The second kappa shape index (κ2) is 7.74. The summed E-state index contributed by atoms with van der Waals surface area (Å²) < 4.78 is 26.4. The van der Waals surface area contributed by atoms with Crippen molar-refractivity contribution in [2.45, 2.75) is 26.2 Å². The lowest BCUT2D eigenvalue weighted by Crippen LogP contribution is -2.50. The van der Waals surface area contributed by atoms with Gasteiger partial charge < -0.3 is 10.2 Å². The standard InChI is InChI=1S/C18H27N3O3S/c1-15-4-2-7-17(12-15)20-8-10-21(11-9-20)25(23,24)14-18(22)19-13-16-5-3-6-16/h2,4,7,12,16H,3,5-6,8-11,13-14H2,1H3,(H,19,22). The highest BCUT2D eigenvalue weighted by atomic mass is 32.2. The number of carbonyl (C=O) groups is 1. The van der Waals surface area contributed by atoms with Crippen molar-refractivity contribution in [1.82, 2.24) is 9.62 Å². The Morgan fingerprint density at radius 3 is 2.52 bits per heavy atom. The molecule has 1 N–H and O–H groups in total. The number of piperazine rings is 1. The Balaban J connectivity index is 1.49. The molecule has 0 aromatic heterocycles. The van der Waals surface area contributed by atoms with Gasteiger partial charge in [0, 0.05) is 38.4 Å². The highest BCUT2D eigenvalue weighted by molar-refractivity contribution is 7.89. The van der Waals surface area contributed by atoms with Crippen LogP contribution in [0.4, 0.5) is 5.69 Å². The molecule has 2 fully saturated rings. The minimum absolute atomic E-state index is 0.381. The van der Waals surface area contributed by atoms with Crippen LogP contribution in [0.5, 0.6) is 0 Å². The summed E-state index contributed by atoms with van der Waals surface area (Å²) in [7, 11) is -3.54. The first-order chi connectivity index (χ1) is 11.9. The van der Waals surface area contributed by atoms with Gasteiger partial charge in [-0.3, -0.25) is 4.79 Å². The van der Waals surface area contributed by atoms with E-state index in [-0.39, 0.29) is 5.91 Å². The Kier molecular flexibility index (Phi) is 5.64. The first-order valence-corrected chi connectivity index (χ1v) is 10.6. The molecule has 25 heavy (non-hydrogen) atoms. The Labute approximate surface area is 150 Å². The second-order valence-corrected chi connectivity index (χ2v) is 9.05. The molecule has 0 bridgehead atoms. The number of hydrogen-bond acceptors (Lipinski definition) is 4. The van der Waals surface area contributed by atoms with Crippen LogP contribution in [0.15, 0.2) is 24.3 Å². The average molecular weight is 365 g/mol. The molecule has 6 nitrogen and oxygen atoms in total. The quantitative estimate of drug-likeness (QED) is 0.826. The van der Waals surface area contributed by atoms with Gasteiger partial charge in [-0.25, -0.2) is 8.42 Å². The number of hydrogen-bond donors (Lipinski definition) is 1. The third-order valence-electron chi connectivity index (χ3n) is 5.12. The number of anilines is 1. The Morgan fingerprint density at radius 1 is 1.20 bits per heavy atom. The summed E-state index contributed by atoms with van der Waals surface area (Å²) in [5.41, 5.74) is 2.31. The van der Waals surface area contributed by atoms with E-state index in [4.69, 9.17) is 0 Å². The smallest absolute Gasteiger partial charge is 0.236 e. The molecule has 0 unspecified atom stereocenters. The zero-order valence-corrected chi connectivity index (χ0v) is 15.6. The summed E-state index contributed by atoms with van der Waals surface area (Å²) in [5.74, 6) is -0.290. The van der Waals surface area contributed by atoms with Crippen molar-refractivity contribution in [3.8, 4) is 0 Å². The van der Waals surface area contributed by atoms with Crippen molar-refractivity contribution in [1.29, 1.82) is 0 Å². The van der Waals surface area contributed by atoms with Crippen LogP contribution >= 0.6 is 0 Å². The normalized spacial score (nSPS) is 19.5. The first kappa shape index (κ1) is 18.2. The number of nitrogens with one attached hydrogen (secondary N) is 1. The molecular weight excluding hydrogens is 338 g/mol. The first-order valence-electron chi connectivity index (χ1n) is 9.00. The van der Waals surface area contributed by atoms with Crippen LogP contribution in [0, 0.1) is 12.8 Å². The fraction of sp³-hybridized carbons (Fsp3) is 0.611. The number of carbonyl (C=O) groups excluding carboxylic acids is 1. The number of rotatable bonds is 6. The van der Waals surface area contributed by atoms with Crippen LogP contribution < -0.4 is 10.2 Å². The predicted octanol–water partition coefficient (Wildman–Crippen LogP) is 1.36. The van der Waals surface area contributed by atoms with Crippen molar-refractivity contribution in [3.63, 3.8) is 0 Å². The fourth-order valence-corrected chi connectivity index (χ4v) is 4.65. The molecule has 3 rings (SSSR count). The number of sulfonamides is 1. The monoisotopic (exact) mass is 365 g/mol. The summed E-state index contributed by atoms with van der Waals surface area (Å²) in [6.07, 6.45) is 3.48. The lowest BCUT2D eigenvalue weighted by Gasteiger charge is -2.35. The van der Waals surface area contributed by atoms with Crippen LogP contribution in [0.25, 0.3) is 0 Å². The predicted molar refractivity (Wildman–Crippen MR) is 99.1 cm³/mol. The van der Waals surface area contributed by atoms with Crippen molar-refractivity contribution in [3.05, 3.63) is 29.8 Å². The van der Waals surface area contributed by atoms with Crippen LogP contribution in [-0.2, 0) is 14.8 Å². The molecule has 1 saturated heterocycles. The zero-order valence-electron chi connectivity index (χ0n) is 14.8. The molecule has 1 saturated carbocycles. The molecular formula is C18H27N3O3S. The summed E-state index contributed by atoms with van der Waals surface area (Å²) in [6.45, 7) is 4.79. The van der Waals surface area contributed by atoms with E-state index < -0.39 is 15.8 Å². The van der Waals surface area contributed by atoms with Gasteiger partial charge in [0.1, 0.15) is 5.75 Å². The van der Waals surface area contributed by atoms with E-state index in [1.807, 2.05) is 25.1 Å². The third-order valence-corrected chi connectivity index (χ3v) is 6.90. The minimum atomic E-state index is -3.54. The SMILES string of the molecule is Cc1cccc(N2CCN(S(=O)(=O)CC(=O)NCC3CCC3)CC2)c1. The molecule has 0 spiro atoms. The molecule has 1 aliphatic carbocycles. The summed E-state index contributed by atoms with van der Waals surface area (Å²) in [6, 6.07) is 8.22. The van der Waals surface area contributed by atoms with E-state index in [2.05, 4.69) is 16.3 Å². The van der Waals surface area contributed by atoms with Crippen LogP contribution in [0.2, 0.25) is 0 Å². The van der Waals surface area contributed by atoms with E-state index >= 15 is 0 Å². The maximum absolute atomic E-state index is 12.5. The number of nitrogens with zero attached hydrogens (tertiary/aromatic N) is 2. The van der Waals surface area contributed by atoms with E-state index in [0.29, 0.717) is 38.6 Å². The second-order valence-electron chi connectivity index (χ2n) is 7.08. The largest absolute Gasteiger partial charge is 0.369 e.